The Labute approximate surface area is 160 Å². The lowest BCUT2D eigenvalue weighted by Gasteiger charge is -2.09. The van der Waals surface area contributed by atoms with E-state index in [9.17, 15) is 9.18 Å². The van der Waals surface area contributed by atoms with E-state index >= 15 is 0 Å². The molecule has 0 atom stereocenters. The van der Waals surface area contributed by atoms with Crippen LogP contribution in [-0.2, 0) is 13.0 Å². The molecule has 0 heterocycles. The van der Waals surface area contributed by atoms with Gasteiger partial charge in [0.25, 0.3) is 0 Å². The molecule has 0 spiro atoms. The number of amides is 2. The van der Waals surface area contributed by atoms with E-state index in [1.165, 1.54) is 6.07 Å². The molecule has 0 radical (unpaired) electrons. The summed E-state index contributed by atoms with van der Waals surface area (Å²) >= 11 is 3.22. The fourth-order valence-electron chi connectivity index (χ4n) is 2.31. The number of rotatable bonds is 8. The van der Waals surface area contributed by atoms with Crippen molar-refractivity contribution in [3.8, 4) is 11.8 Å². The zero-order valence-electron chi connectivity index (χ0n) is 14.1. The Morgan fingerprint density at radius 2 is 2.08 bits per heavy atom. The molecule has 0 aromatic heterocycles. The number of nitrogens with one attached hydrogen (secondary N) is 2. The molecule has 0 saturated carbocycles. The molecule has 2 aromatic carbocycles. The van der Waals surface area contributed by atoms with Crippen LogP contribution in [0.2, 0.25) is 0 Å². The third-order valence-electron chi connectivity index (χ3n) is 3.58. The number of ether oxygens (including phenoxy) is 1. The molecule has 0 aliphatic rings. The molecule has 0 bridgehead atoms. The summed E-state index contributed by atoms with van der Waals surface area (Å²) in [6, 6.07) is 13.8. The van der Waals surface area contributed by atoms with Gasteiger partial charge in [0.05, 0.1) is 0 Å². The van der Waals surface area contributed by atoms with Crippen molar-refractivity contribution in [2.24, 2.45) is 0 Å². The minimum atomic E-state index is -0.287. The largest absolute Gasteiger partial charge is 0.479 e. The third-order valence-corrected chi connectivity index (χ3v) is 4.07. The van der Waals surface area contributed by atoms with Crippen LogP contribution >= 0.6 is 15.9 Å². The second-order valence-corrected chi connectivity index (χ2v) is 6.46. The molecule has 0 aliphatic carbocycles. The van der Waals surface area contributed by atoms with E-state index < -0.39 is 0 Å². The number of carbonyl (C=O) groups excluding carboxylic acids is 1. The number of benzene rings is 2. The molecule has 0 fully saturated rings. The van der Waals surface area contributed by atoms with Gasteiger partial charge in [-0.2, -0.15) is 5.26 Å². The van der Waals surface area contributed by atoms with E-state index in [0.29, 0.717) is 41.7 Å². The standard InChI is InChI=1S/C19H19BrFN3O2/c20-16-7-6-15(18(21)12-16)4-2-9-23-19(25)24-13-14-3-1-5-17(11-14)26-10-8-22/h1,3,5-7,11-12H,2,4,9-10,13H2,(H2,23,24,25). The van der Waals surface area contributed by atoms with Crippen molar-refractivity contribution in [3.63, 3.8) is 0 Å². The minimum absolute atomic E-state index is 0.0175. The van der Waals surface area contributed by atoms with Crippen LogP contribution in [0.4, 0.5) is 9.18 Å². The molecule has 2 N–H and O–H groups in total. The average molecular weight is 420 g/mol. The van der Waals surface area contributed by atoms with Gasteiger partial charge in [-0.25, -0.2) is 9.18 Å². The lowest BCUT2D eigenvalue weighted by atomic mass is 10.1. The van der Waals surface area contributed by atoms with E-state index in [2.05, 4.69) is 26.6 Å². The Morgan fingerprint density at radius 3 is 2.85 bits per heavy atom. The number of nitriles is 1. The average Bonchev–Trinajstić information content (AvgIpc) is 2.63. The predicted molar refractivity (Wildman–Crippen MR) is 100 cm³/mol. The molecule has 5 nitrogen and oxygen atoms in total. The molecule has 2 aromatic rings. The second-order valence-electron chi connectivity index (χ2n) is 5.54. The first-order valence-corrected chi connectivity index (χ1v) is 8.92. The number of carbonyl (C=O) groups is 1. The van der Waals surface area contributed by atoms with Gasteiger partial charge in [-0.1, -0.05) is 34.1 Å². The highest BCUT2D eigenvalue weighted by molar-refractivity contribution is 9.10. The zero-order valence-corrected chi connectivity index (χ0v) is 15.7. The highest BCUT2D eigenvalue weighted by atomic mass is 79.9. The Kier molecular flexibility index (Phi) is 7.90. The van der Waals surface area contributed by atoms with Gasteiger partial charge in [-0.05, 0) is 48.2 Å². The monoisotopic (exact) mass is 419 g/mol. The fraction of sp³-hybridized carbons (Fsp3) is 0.263. The van der Waals surface area contributed by atoms with Crippen LogP contribution in [0.1, 0.15) is 17.5 Å². The molecular formula is C19H19BrFN3O2. The van der Waals surface area contributed by atoms with Gasteiger partial charge in [0.15, 0.2) is 6.61 Å². The van der Waals surface area contributed by atoms with Crippen LogP contribution in [0.15, 0.2) is 46.9 Å². The molecule has 0 aliphatic heterocycles. The Bertz CT molecular complexity index is 793. The van der Waals surface area contributed by atoms with Crippen molar-refractivity contribution in [3.05, 3.63) is 63.9 Å². The molecule has 2 amide bonds. The molecule has 26 heavy (non-hydrogen) atoms. The van der Waals surface area contributed by atoms with E-state index in [0.717, 1.165) is 5.56 Å². The lowest BCUT2D eigenvalue weighted by molar-refractivity contribution is 0.240. The Balaban J connectivity index is 1.68. The van der Waals surface area contributed by atoms with Gasteiger partial charge >= 0.3 is 6.03 Å². The van der Waals surface area contributed by atoms with Crippen LogP contribution in [-0.4, -0.2) is 19.2 Å². The van der Waals surface area contributed by atoms with Crippen LogP contribution in [0.25, 0.3) is 0 Å². The van der Waals surface area contributed by atoms with Crippen molar-refractivity contribution in [2.45, 2.75) is 19.4 Å². The summed E-state index contributed by atoms with van der Waals surface area (Å²) in [4.78, 5) is 11.8. The maximum Gasteiger partial charge on any atom is 0.315 e. The smallest absolute Gasteiger partial charge is 0.315 e. The van der Waals surface area contributed by atoms with Gasteiger partial charge in [0.2, 0.25) is 0 Å². The molecule has 136 valence electrons. The maximum absolute atomic E-state index is 13.7. The first-order valence-electron chi connectivity index (χ1n) is 8.13. The quantitative estimate of drug-likeness (QED) is 0.636. The zero-order chi connectivity index (χ0) is 18.8. The number of nitrogens with zero attached hydrogens (tertiary/aromatic N) is 1. The van der Waals surface area contributed by atoms with Gasteiger partial charge < -0.3 is 15.4 Å². The van der Waals surface area contributed by atoms with Crippen LogP contribution in [0, 0.1) is 17.1 Å². The first-order chi connectivity index (χ1) is 12.6. The van der Waals surface area contributed by atoms with Gasteiger partial charge in [0.1, 0.15) is 17.6 Å². The SMILES string of the molecule is N#CCOc1cccc(CNC(=O)NCCCc2ccc(Br)cc2F)c1. The molecular weight excluding hydrogens is 401 g/mol. The predicted octanol–water partition coefficient (Wildman–Crippen LogP) is 3.92. The van der Waals surface area contributed by atoms with Crippen molar-refractivity contribution in [1.29, 1.82) is 5.26 Å². The highest BCUT2D eigenvalue weighted by Crippen LogP contribution is 2.16. The lowest BCUT2D eigenvalue weighted by Crippen LogP contribution is -2.35. The Morgan fingerprint density at radius 1 is 1.23 bits per heavy atom. The minimum Gasteiger partial charge on any atom is -0.479 e. The van der Waals surface area contributed by atoms with Gasteiger partial charge in [-0.15, -0.1) is 0 Å². The van der Waals surface area contributed by atoms with E-state index in [-0.39, 0.29) is 18.5 Å². The second kappa shape index (κ2) is 10.4. The van der Waals surface area contributed by atoms with Gasteiger partial charge in [0, 0.05) is 17.6 Å². The summed E-state index contributed by atoms with van der Waals surface area (Å²) in [6.45, 7) is 0.778. The topological polar surface area (TPSA) is 74.1 Å². The number of hydrogen-bond donors (Lipinski definition) is 2. The normalized spacial score (nSPS) is 10.0. The maximum atomic E-state index is 13.7. The summed E-state index contributed by atoms with van der Waals surface area (Å²) < 4.78 is 19.6. The summed E-state index contributed by atoms with van der Waals surface area (Å²) in [5.41, 5.74) is 1.50. The summed E-state index contributed by atoms with van der Waals surface area (Å²) in [5.74, 6) is 0.338. The summed E-state index contributed by atoms with van der Waals surface area (Å²) in [5, 5.41) is 14.0. The number of aryl methyl sites for hydroxylation is 1. The van der Waals surface area contributed by atoms with Crippen molar-refractivity contribution in [1.82, 2.24) is 10.6 Å². The van der Waals surface area contributed by atoms with Crippen molar-refractivity contribution >= 4 is 22.0 Å². The number of hydrogen-bond acceptors (Lipinski definition) is 3. The van der Waals surface area contributed by atoms with Crippen LogP contribution in [0.3, 0.4) is 0 Å². The van der Waals surface area contributed by atoms with Crippen molar-refractivity contribution < 1.29 is 13.9 Å². The number of halogens is 2. The third kappa shape index (κ3) is 6.73. The fourth-order valence-corrected chi connectivity index (χ4v) is 2.64. The molecule has 7 heteroatoms. The van der Waals surface area contributed by atoms with E-state index in [4.69, 9.17) is 10.00 Å². The summed E-state index contributed by atoms with van der Waals surface area (Å²) in [7, 11) is 0. The van der Waals surface area contributed by atoms with Crippen molar-refractivity contribution in [2.75, 3.05) is 13.2 Å². The molecule has 0 unspecified atom stereocenters. The Hall–Kier alpha value is -2.59. The van der Waals surface area contributed by atoms with Crippen LogP contribution < -0.4 is 15.4 Å². The van der Waals surface area contributed by atoms with E-state index in [1.807, 2.05) is 12.1 Å². The number of urea groups is 1. The molecule has 2 rings (SSSR count). The highest BCUT2D eigenvalue weighted by Gasteiger charge is 2.04. The van der Waals surface area contributed by atoms with E-state index in [1.54, 1.807) is 30.3 Å². The summed E-state index contributed by atoms with van der Waals surface area (Å²) in [6.07, 6.45) is 1.20. The van der Waals surface area contributed by atoms with Gasteiger partial charge in [-0.3, -0.25) is 0 Å². The molecule has 0 saturated heterocycles. The first kappa shape index (κ1) is 19.7. The van der Waals surface area contributed by atoms with Crippen LogP contribution in [0.5, 0.6) is 5.75 Å².